The number of rotatable bonds is 5. The fourth-order valence-electron chi connectivity index (χ4n) is 2.19. The lowest BCUT2D eigenvalue weighted by molar-refractivity contribution is -0.127. The fourth-order valence-corrected chi connectivity index (χ4v) is 4.26. The Hall–Kier alpha value is -1.12. The van der Waals surface area contributed by atoms with E-state index < -0.39 is 0 Å². The van der Waals surface area contributed by atoms with Crippen molar-refractivity contribution < 1.29 is 4.79 Å². The lowest BCUT2D eigenvalue weighted by atomic mass is 10.3. The van der Waals surface area contributed by atoms with E-state index in [4.69, 9.17) is 0 Å². The summed E-state index contributed by atoms with van der Waals surface area (Å²) in [5.41, 5.74) is 0.954. The maximum Gasteiger partial charge on any atom is 0.233 e. The van der Waals surface area contributed by atoms with Crippen LogP contribution in [0.5, 0.6) is 0 Å². The molecule has 3 rings (SSSR count). The molecule has 1 aromatic carbocycles. The molecule has 0 spiro atoms. The molecule has 1 saturated heterocycles. The summed E-state index contributed by atoms with van der Waals surface area (Å²) in [6.07, 6.45) is 2.24. The van der Waals surface area contributed by atoms with Crippen LogP contribution in [-0.2, 0) is 4.79 Å². The van der Waals surface area contributed by atoms with E-state index in [0.29, 0.717) is 5.75 Å². The Bertz CT molecular complexity index is 658. The molecule has 8 heteroatoms. The molecule has 0 unspecified atom stereocenters. The Balaban J connectivity index is 1.53. The fraction of sp³-hybridized carbons (Fsp3) is 0.357. The number of halogens is 1. The third-order valence-corrected chi connectivity index (χ3v) is 5.71. The largest absolute Gasteiger partial charge is 0.342 e. The molecule has 0 atom stereocenters. The van der Waals surface area contributed by atoms with Crippen LogP contribution in [0, 0.1) is 0 Å². The number of thioether (sulfide) groups is 1. The Morgan fingerprint density at radius 1 is 1.36 bits per heavy atom. The number of amides is 1. The van der Waals surface area contributed by atoms with Crippen LogP contribution in [0.3, 0.4) is 0 Å². The molecule has 0 saturated carbocycles. The standard InChI is InChI=1S/C14H15BrN4OS2/c15-10-4-3-5-11(8-10)16-13-17-18-14(22-13)21-9-12(20)19-6-1-2-7-19/h3-5,8H,1-2,6-7,9H2,(H,16,17). The van der Waals surface area contributed by atoms with Gasteiger partial charge < -0.3 is 10.2 Å². The molecule has 2 heterocycles. The van der Waals surface area contributed by atoms with Crippen molar-refractivity contribution in [3.63, 3.8) is 0 Å². The first-order valence-corrected chi connectivity index (χ1v) is 9.57. The summed E-state index contributed by atoms with van der Waals surface area (Å²) in [6, 6.07) is 7.87. The van der Waals surface area contributed by atoms with Gasteiger partial charge in [0.25, 0.3) is 0 Å². The van der Waals surface area contributed by atoms with Crippen molar-refractivity contribution in [1.29, 1.82) is 0 Å². The van der Waals surface area contributed by atoms with E-state index in [1.165, 1.54) is 23.1 Å². The van der Waals surface area contributed by atoms with Gasteiger partial charge in [-0.05, 0) is 31.0 Å². The average Bonchev–Trinajstić information content (AvgIpc) is 3.16. The molecule has 2 aromatic rings. The second-order valence-corrected chi connectivity index (χ2v) is 8.00. The number of anilines is 2. The van der Waals surface area contributed by atoms with Crippen LogP contribution in [0.1, 0.15) is 12.8 Å². The van der Waals surface area contributed by atoms with Gasteiger partial charge in [0.2, 0.25) is 11.0 Å². The summed E-state index contributed by atoms with van der Waals surface area (Å²) < 4.78 is 1.82. The zero-order valence-electron chi connectivity index (χ0n) is 11.8. The molecular weight excluding hydrogens is 384 g/mol. The molecule has 5 nitrogen and oxygen atoms in total. The predicted octanol–water partition coefficient (Wildman–Crippen LogP) is 3.76. The number of hydrogen-bond donors (Lipinski definition) is 1. The smallest absolute Gasteiger partial charge is 0.233 e. The number of benzene rings is 1. The zero-order chi connectivity index (χ0) is 15.4. The van der Waals surface area contributed by atoms with Gasteiger partial charge >= 0.3 is 0 Å². The molecule has 0 radical (unpaired) electrons. The molecule has 22 heavy (non-hydrogen) atoms. The third kappa shape index (κ3) is 4.21. The van der Waals surface area contributed by atoms with Crippen molar-refractivity contribution in [2.24, 2.45) is 0 Å². The van der Waals surface area contributed by atoms with Crippen LogP contribution in [0.4, 0.5) is 10.8 Å². The molecule has 0 bridgehead atoms. The second-order valence-electron chi connectivity index (χ2n) is 4.89. The Morgan fingerprint density at radius 3 is 2.95 bits per heavy atom. The zero-order valence-corrected chi connectivity index (χ0v) is 15.0. The normalized spacial score (nSPS) is 14.3. The van der Waals surface area contributed by atoms with E-state index in [2.05, 4.69) is 31.4 Å². The van der Waals surface area contributed by atoms with Gasteiger partial charge in [-0.15, -0.1) is 10.2 Å². The van der Waals surface area contributed by atoms with E-state index in [1.54, 1.807) is 0 Å². The first-order chi connectivity index (χ1) is 10.7. The summed E-state index contributed by atoms with van der Waals surface area (Å²) in [4.78, 5) is 13.9. The highest BCUT2D eigenvalue weighted by atomic mass is 79.9. The quantitative estimate of drug-likeness (QED) is 0.776. The maximum atomic E-state index is 12.0. The minimum atomic E-state index is 0.194. The van der Waals surface area contributed by atoms with Gasteiger partial charge in [0.1, 0.15) is 0 Å². The molecule has 1 fully saturated rings. The van der Waals surface area contributed by atoms with Crippen molar-refractivity contribution in [3.8, 4) is 0 Å². The van der Waals surface area contributed by atoms with Crippen LogP contribution in [0.15, 0.2) is 33.1 Å². The lowest BCUT2D eigenvalue weighted by Gasteiger charge is -2.13. The van der Waals surface area contributed by atoms with Crippen molar-refractivity contribution in [2.75, 3.05) is 24.2 Å². The summed E-state index contributed by atoms with van der Waals surface area (Å²) >= 11 is 6.35. The molecule has 1 aliphatic rings. The minimum Gasteiger partial charge on any atom is -0.342 e. The predicted molar refractivity (Wildman–Crippen MR) is 93.9 cm³/mol. The van der Waals surface area contributed by atoms with E-state index in [-0.39, 0.29) is 5.91 Å². The van der Waals surface area contributed by atoms with Crippen molar-refractivity contribution in [2.45, 2.75) is 17.2 Å². The molecule has 1 N–H and O–H groups in total. The van der Waals surface area contributed by atoms with E-state index >= 15 is 0 Å². The van der Waals surface area contributed by atoms with Gasteiger partial charge in [0.05, 0.1) is 5.75 Å². The molecule has 1 aliphatic heterocycles. The van der Waals surface area contributed by atoms with Crippen LogP contribution in [0.2, 0.25) is 0 Å². The Kier molecular flexibility index (Phi) is 5.32. The molecule has 1 amide bonds. The van der Waals surface area contributed by atoms with Gasteiger partial charge in [-0.3, -0.25) is 4.79 Å². The number of likely N-dealkylation sites (tertiary alicyclic amines) is 1. The highest BCUT2D eigenvalue weighted by Gasteiger charge is 2.18. The summed E-state index contributed by atoms with van der Waals surface area (Å²) in [5, 5.41) is 12.2. The molecular formula is C14H15BrN4OS2. The van der Waals surface area contributed by atoms with Crippen LogP contribution < -0.4 is 5.32 Å². The second kappa shape index (κ2) is 7.43. The van der Waals surface area contributed by atoms with E-state index in [9.17, 15) is 4.79 Å². The average molecular weight is 399 g/mol. The summed E-state index contributed by atoms with van der Waals surface area (Å²) in [6.45, 7) is 1.79. The molecule has 116 valence electrons. The van der Waals surface area contributed by atoms with Crippen molar-refractivity contribution in [3.05, 3.63) is 28.7 Å². The summed E-state index contributed by atoms with van der Waals surface area (Å²) in [7, 11) is 0. The first kappa shape index (κ1) is 15.8. The van der Waals surface area contributed by atoms with Crippen molar-refractivity contribution >= 4 is 55.8 Å². The molecule has 0 aliphatic carbocycles. The SMILES string of the molecule is O=C(CSc1nnc(Nc2cccc(Br)c2)s1)N1CCCC1. The number of nitrogens with one attached hydrogen (secondary N) is 1. The van der Waals surface area contributed by atoms with Gasteiger partial charge in [0.15, 0.2) is 4.34 Å². The highest BCUT2D eigenvalue weighted by Crippen LogP contribution is 2.28. The summed E-state index contributed by atoms with van der Waals surface area (Å²) in [5.74, 6) is 0.630. The third-order valence-electron chi connectivity index (χ3n) is 3.26. The number of aromatic nitrogens is 2. The first-order valence-electron chi connectivity index (χ1n) is 6.97. The number of nitrogens with zero attached hydrogens (tertiary/aromatic N) is 3. The van der Waals surface area contributed by atoms with Gasteiger partial charge in [-0.2, -0.15) is 0 Å². The Labute approximate surface area is 145 Å². The Morgan fingerprint density at radius 2 is 2.18 bits per heavy atom. The topological polar surface area (TPSA) is 58.1 Å². The number of carbonyl (C=O) groups excluding carboxylic acids is 1. The van der Waals surface area contributed by atoms with Gasteiger partial charge in [-0.25, -0.2) is 0 Å². The molecule has 1 aromatic heterocycles. The monoisotopic (exact) mass is 398 g/mol. The van der Waals surface area contributed by atoms with Crippen LogP contribution in [-0.4, -0.2) is 39.8 Å². The van der Waals surface area contributed by atoms with Gasteiger partial charge in [-0.1, -0.05) is 45.1 Å². The van der Waals surface area contributed by atoms with Gasteiger partial charge in [0, 0.05) is 23.2 Å². The van der Waals surface area contributed by atoms with Crippen molar-refractivity contribution in [1.82, 2.24) is 15.1 Å². The van der Waals surface area contributed by atoms with Crippen LogP contribution >= 0.6 is 39.0 Å². The number of carbonyl (C=O) groups is 1. The van der Waals surface area contributed by atoms with Crippen LogP contribution in [0.25, 0.3) is 0 Å². The lowest BCUT2D eigenvalue weighted by Crippen LogP contribution is -2.29. The number of hydrogen-bond acceptors (Lipinski definition) is 6. The maximum absolute atomic E-state index is 12.0. The van der Waals surface area contributed by atoms with E-state index in [1.807, 2.05) is 29.2 Å². The highest BCUT2D eigenvalue weighted by molar-refractivity contribution is 9.10. The van der Waals surface area contributed by atoms with E-state index in [0.717, 1.165) is 45.6 Å². The minimum absolute atomic E-state index is 0.194.